The quantitative estimate of drug-likeness (QED) is 0.890. The molecule has 1 atom stereocenters. The van der Waals surface area contributed by atoms with Gasteiger partial charge >= 0.3 is 0 Å². The molecule has 0 aliphatic carbocycles. The van der Waals surface area contributed by atoms with E-state index in [4.69, 9.17) is 5.73 Å². The molecule has 1 heterocycles. The van der Waals surface area contributed by atoms with Crippen molar-refractivity contribution in [3.63, 3.8) is 0 Å². The summed E-state index contributed by atoms with van der Waals surface area (Å²) in [5.74, 6) is 0.813. The van der Waals surface area contributed by atoms with Crippen molar-refractivity contribution in [2.75, 3.05) is 38.1 Å². The Balaban J connectivity index is 1.87. The van der Waals surface area contributed by atoms with Crippen molar-refractivity contribution >= 4 is 11.6 Å². The molecule has 2 N–H and O–H groups in total. The summed E-state index contributed by atoms with van der Waals surface area (Å²) in [6.07, 6.45) is 3.49. The summed E-state index contributed by atoms with van der Waals surface area (Å²) in [4.78, 5) is 16.3. The fraction of sp³-hybridized carbons (Fsp3) is 0.562. The van der Waals surface area contributed by atoms with Crippen LogP contribution in [0.1, 0.15) is 19.3 Å². The highest BCUT2D eigenvalue weighted by Crippen LogP contribution is 2.19. The highest BCUT2D eigenvalue weighted by atomic mass is 16.2. The Morgan fingerprint density at radius 2 is 2.15 bits per heavy atom. The lowest BCUT2D eigenvalue weighted by atomic mass is 9.95. The molecule has 20 heavy (non-hydrogen) atoms. The van der Waals surface area contributed by atoms with Crippen molar-refractivity contribution in [2.24, 2.45) is 11.7 Å². The Hall–Kier alpha value is -1.39. The van der Waals surface area contributed by atoms with Crippen LogP contribution >= 0.6 is 0 Å². The molecule has 1 aliphatic heterocycles. The number of amides is 1. The number of hydrogen-bond acceptors (Lipinski definition) is 3. The second-order valence-electron chi connectivity index (χ2n) is 5.61. The van der Waals surface area contributed by atoms with Crippen LogP contribution in [0.25, 0.3) is 0 Å². The second kappa shape index (κ2) is 7.41. The predicted molar refractivity (Wildman–Crippen MR) is 82.7 cm³/mol. The van der Waals surface area contributed by atoms with Crippen LogP contribution in [0.15, 0.2) is 30.3 Å². The number of piperidine rings is 1. The molecule has 1 saturated heterocycles. The SMILES string of the molecule is CN(C(=O)CN1CCCC(CCN)C1)c1ccccc1. The first-order valence-electron chi connectivity index (χ1n) is 7.44. The molecular weight excluding hydrogens is 250 g/mol. The van der Waals surface area contributed by atoms with Gasteiger partial charge < -0.3 is 10.6 Å². The number of carbonyl (C=O) groups excluding carboxylic acids is 1. The van der Waals surface area contributed by atoms with Gasteiger partial charge in [0.2, 0.25) is 5.91 Å². The normalized spacial score (nSPS) is 19.8. The number of hydrogen-bond donors (Lipinski definition) is 1. The van der Waals surface area contributed by atoms with Gasteiger partial charge in [0.1, 0.15) is 0 Å². The molecule has 1 amide bonds. The summed E-state index contributed by atoms with van der Waals surface area (Å²) in [7, 11) is 1.85. The molecule has 1 fully saturated rings. The number of benzene rings is 1. The van der Waals surface area contributed by atoms with Crippen molar-refractivity contribution in [3.05, 3.63) is 30.3 Å². The average molecular weight is 275 g/mol. The molecule has 4 heteroatoms. The van der Waals surface area contributed by atoms with Crippen LogP contribution in [-0.2, 0) is 4.79 Å². The Labute approximate surface area is 121 Å². The topological polar surface area (TPSA) is 49.6 Å². The highest BCUT2D eigenvalue weighted by Gasteiger charge is 2.22. The monoisotopic (exact) mass is 275 g/mol. The Morgan fingerprint density at radius 1 is 1.40 bits per heavy atom. The van der Waals surface area contributed by atoms with Crippen molar-refractivity contribution in [3.8, 4) is 0 Å². The first kappa shape index (κ1) is 15.0. The van der Waals surface area contributed by atoms with E-state index in [0.717, 1.165) is 31.7 Å². The average Bonchev–Trinajstić information content (AvgIpc) is 2.48. The predicted octanol–water partition coefficient (Wildman–Crippen LogP) is 1.71. The van der Waals surface area contributed by atoms with E-state index in [1.165, 1.54) is 12.8 Å². The lowest BCUT2D eigenvalue weighted by Crippen LogP contribution is -2.43. The number of nitrogens with two attached hydrogens (primary N) is 1. The fourth-order valence-corrected chi connectivity index (χ4v) is 2.86. The molecule has 1 unspecified atom stereocenters. The summed E-state index contributed by atoms with van der Waals surface area (Å²) >= 11 is 0. The Bertz CT molecular complexity index is 419. The molecule has 1 aromatic rings. The number of carbonyl (C=O) groups is 1. The molecule has 0 aromatic heterocycles. The summed E-state index contributed by atoms with van der Waals surface area (Å²) in [5, 5.41) is 0. The van der Waals surface area contributed by atoms with Crippen LogP contribution in [0.5, 0.6) is 0 Å². The lowest BCUT2D eigenvalue weighted by molar-refractivity contribution is -0.119. The maximum absolute atomic E-state index is 12.3. The molecule has 0 bridgehead atoms. The minimum Gasteiger partial charge on any atom is -0.330 e. The van der Waals surface area contributed by atoms with E-state index in [9.17, 15) is 4.79 Å². The third-order valence-electron chi connectivity index (χ3n) is 4.05. The molecule has 1 aromatic carbocycles. The van der Waals surface area contributed by atoms with Crippen LogP contribution in [0.4, 0.5) is 5.69 Å². The number of anilines is 1. The van der Waals surface area contributed by atoms with Gasteiger partial charge in [0.15, 0.2) is 0 Å². The summed E-state index contributed by atoms with van der Waals surface area (Å²) < 4.78 is 0. The molecular formula is C16H25N3O. The van der Waals surface area contributed by atoms with E-state index in [0.29, 0.717) is 12.5 Å². The smallest absolute Gasteiger partial charge is 0.240 e. The first-order chi connectivity index (χ1) is 9.70. The Kier molecular flexibility index (Phi) is 5.56. The van der Waals surface area contributed by atoms with Gasteiger partial charge in [0, 0.05) is 19.3 Å². The maximum Gasteiger partial charge on any atom is 0.240 e. The number of rotatable bonds is 5. The number of para-hydroxylation sites is 1. The highest BCUT2D eigenvalue weighted by molar-refractivity contribution is 5.94. The van der Waals surface area contributed by atoms with Crippen LogP contribution in [0, 0.1) is 5.92 Å². The van der Waals surface area contributed by atoms with E-state index in [2.05, 4.69) is 4.90 Å². The van der Waals surface area contributed by atoms with Gasteiger partial charge in [-0.05, 0) is 50.4 Å². The van der Waals surface area contributed by atoms with Crippen LogP contribution in [0.3, 0.4) is 0 Å². The van der Waals surface area contributed by atoms with Gasteiger partial charge in [-0.15, -0.1) is 0 Å². The molecule has 0 spiro atoms. The van der Waals surface area contributed by atoms with Crippen LogP contribution in [-0.4, -0.2) is 44.0 Å². The van der Waals surface area contributed by atoms with Crippen molar-refractivity contribution in [1.29, 1.82) is 0 Å². The molecule has 0 radical (unpaired) electrons. The number of nitrogens with zero attached hydrogens (tertiary/aromatic N) is 2. The van der Waals surface area contributed by atoms with E-state index >= 15 is 0 Å². The molecule has 110 valence electrons. The van der Waals surface area contributed by atoms with E-state index in [1.54, 1.807) is 4.90 Å². The van der Waals surface area contributed by atoms with Crippen molar-refractivity contribution in [1.82, 2.24) is 4.90 Å². The molecule has 4 nitrogen and oxygen atoms in total. The van der Waals surface area contributed by atoms with Gasteiger partial charge in [-0.25, -0.2) is 0 Å². The summed E-state index contributed by atoms with van der Waals surface area (Å²) in [5.41, 5.74) is 6.59. The summed E-state index contributed by atoms with van der Waals surface area (Å²) in [6.45, 7) is 3.28. The van der Waals surface area contributed by atoms with Crippen molar-refractivity contribution in [2.45, 2.75) is 19.3 Å². The minimum absolute atomic E-state index is 0.157. The van der Waals surface area contributed by atoms with Crippen LogP contribution < -0.4 is 10.6 Å². The van der Waals surface area contributed by atoms with Gasteiger partial charge in [-0.2, -0.15) is 0 Å². The molecule has 0 saturated carbocycles. The largest absolute Gasteiger partial charge is 0.330 e. The van der Waals surface area contributed by atoms with Gasteiger partial charge in [0.05, 0.1) is 6.54 Å². The minimum atomic E-state index is 0.157. The number of likely N-dealkylation sites (tertiary alicyclic amines) is 1. The van der Waals surface area contributed by atoms with E-state index < -0.39 is 0 Å². The third kappa shape index (κ3) is 4.05. The van der Waals surface area contributed by atoms with E-state index in [-0.39, 0.29) is 5.91 Å². The fourth-order valence-electron chi connectivity index (χ4n) is 2.86. The zero-order chi connectivity index (χ0) is 14.4. The Morgan fingerprint density at radius 3 is 2.85 bits per heavy atom. The maximum atomic E-state index is 12.3. The second-order valence-corrected chi connectivity index (χ2v) is 5.61. The number of likely N-dealkylation sites (N-methyl/N-ethyl adjacent to an activating group) is 1. The lowest BCUT2D eigenvalue weighted by Gasteiger charge is -2.33. The zero-order valence-electron chi connectivity index (χ0n) is 12.3. The molecule has 1 aliphatic rings. The van der Waals surface area contributed by atoms with Gasteiger partial charge in [-0.3, -0.25) is 9.69 Å². The standard InChI is InChI=1S/C16H25N3O/c1-18(15-7-3-2-4-8-15)16(20)13-19-11-5-6-14(12-19)9-10-17/h2-4,7-8,14H,5-6,9-13,17H2,1H3. The zero-order valence-corrected chi connectivity index (χ0v) is 12.3. The summed E-state index contributed by atoms with van der Waals surface area (Å²) in [6, 6.07) is 9.80. The van der Waals surface area contributed by atoms with E-state index in [1.807, 2.05) is 37.4 Å². The molecule has 2 rings (SSSR count). The third-order valence-corrected chi connectivity index (χ3v) is 4.05. The van der Waals surface area contributed by atoms with Gasteiger partial charge in [-0.1, -0.05) is 18.2 Å². The first-order valence-corrected chi connectivity index (χ1v) is 7.44. The van der Waals surface area contributed by atoms with Gasteiger partial charge in [0.25, 0.3) is 0 Å². The van der Waals surface area contributed by atoms with Crippen molar-refractivity contribution < 1.29 is 4.79 Å². The van der Waals surface area contributed by atoms with Crippen LogP contribution in [0.2, 0.25) is 0 Å².